The van der Waals surface area contributed by atoms with Gasteiger partial charge in [0.1, 0.15) is 11.6 Å². The molecule has 0 aliphatic rings. The molecule has 0 unspecified atom stereocenters. The fourth-order valence-corrected chi connectivity index (χ4v) is 2.46. The van der Waals surface area contributed by atoms with Crippen molar-refractivity contribution in [3.63, 3.8) is 0 Å². The summed E-state index contributed by atoms with van der Waals surface area (Å²) in [7, 11) is 0. The van der Waals surface area contributed by atoms with Crippen molar-refractivity contribution in [3.8, 4) is 5.75 Å². The van der Waals surface area contributed by atoms with Crippen LogP contribution in [0.25, 0.3) is 5.65 Å². The molecule has 0 aliphatic carbocycles. The second-order valence-electron chi connectivity index (χ2n) is 5.14. The minimum Gasteiger partial charge on any atom is -0.482 e. The highest BCUT2D eigenvalue weighted by molar-refractivity contribution is 6.32. The van der Waals surface area contributed by atoms with Gasteiger partial charge in [0.25, 0.3) is 5.91 Å². The van der Waals surface area contributed by atoms with Gasteiger partial charge in [-0.15, -0.1) is 10.2 Å². The molecule has 2 heterocycles. The van der Waals surface area contributed by atoms with Crippen LogP contribution in [0, 0.1) is 5.82 Å². The number of carbonyl (C=O) groups is 1. The van der Waals surface area contributed by atoms with Gasteiger partial charge in [-0.3, -0.25) is 9.20 Å². The molecule has 1 amide bonds. The van der Waals surface area contributed by atoms with E-state index in [-0.39, 0.29) is 29.3 Å². The van der Waals surface area contributed by atoms with Gasteiger partial charge in [-0.1, -0.05) is 17.7 Å². The number of nitrogens with zero attached hydrogens (tertiary/aromatic N) is 3. The number of amides is 1. The van der Waals surface area contributed by atoms with Crippen LogP contribution in [0.4, 0.5) is 4.39 Å². The maximum Gasteiger partial charge on any atom is 0.258 e. The van der Waals surface area contributed by atoms with Gasteiger partial charge in [-0.2, -0.15) is 0 Å². The third-order valence-corrected chi connectivity index (χ3v) is 3.65. The zero-order chi connectivity index (χ0) is 17.1. The monoisotopic (exact) mass is 348 g/mol. The van der Waals surface area contributed by atoms with Crippen molar-refractivity contribution in [2.75, 3.05) is 6.61 Å². The number of ether oxygens (including phenoxy) is 1. The first kappa shape index (κ1) is 16.2. The Balaban J connectivity index is 1.62. The van der Waals surface area contributed by atoms with Crippen LogP contribution >= 0.6 is 11.6 Å². The molecule has 6 nitrogen and oxygen atoms in total. The fourth-order valence-electron chi connectivity index (χ4n) is 2.24. The van der Waals surface area contributed by atoms with E-state index >= 15 is 0 Å². The van der Waals surface area contributed by atoms with Crippen molar-refractivity contribution in [2.45, 2.75) is 13.0 Å². The summed E-state index contributed by atoms with van der Waals surface area (Å²) in [5.41, 5.74) is 0.697. The molecule has 2 aromatic heterocycles. The van der Waals surface area contributed by atoms with Crippen molar-refractivity contribution in [3.05, 3.63) is 59.3 Å². The molecule has 1 atom stereocenters. The Morgan fingerprint density at radius 3 is 3.00 bits per heavy atom. The standard InChI is InChI=1S/C16H14ClFN4O2/c1-10(16-21-20-14-4-2-3-7-22(14)16)19-15(23)9-24-13-6-5-11(18)8-12(13)17/h2-8,10H,9H2,1H3,(H,19,23)/t10-/m1/s1. The Kier molecular flexibility index (Phi) is 4.61. The molecule has 0 saturated carbocycles. The van der Waals surface area contributed by atoms with Gasteiger partial charge in [0, 0.05) is 6.20 Å². The van der Waals surface area contributed by atoms with E-state index in [0.29, 0.717) is 11.5 Å². The van der Waals surface area contributed by atoms with E-state index < -0.39 is 5.82 Å². The molecule has 0 fully saturated rings. The Morgan fingerprint density at radius 1 is 1.38 bits per heavy atom. The third kappa shape index (κ3) is 3.46. The van der Waals surface area contributed by atoms with Crippen molar-refractivity contribution < 1.29 is 13.9 Å². The normalized spacial score (nSPS) is 12.1. The van der Waals surface area contributed by atoms with Crippen LogP contribution in [0.1, 0.15) is 18.8 Å². The Bertz CT molecular complexity index is 883. The molecule has 0 spiro atoms. The number of fused-ring (bicyclic) bond motifs is 1. The van der Waals surface area contributed by atoms with E-state index in [9.17, 15) is 9.18 Å². The van der Waals surface area contributed by atoms with Crippen LogP contribution in [-0.4, -0.2) is 27.1 Å². The first-order chi connectivity index (χ1) is 11.5. The molecule has 0 saturated heterocycles. The van der Waals surface area contributed by atoms with Gasteiger partial charge in [-0.25, -0.2) is 4.39 Å². The Labute approximate surface area is 142 Å². The summed E-state index contributed by atoms with van der Waals surface area (Å²) in [5, 5.41) is 11.0. The molecule has 0 aliphatic heterocycles. The van der Waals surface area contributed by atoms with Crippen LogP contribution in [0.15, 0.2) is 42.6 Å². The van der Waals surface area contributed by atoms with E-state index in [1.165, 1.54) is 12.1 Å². The number of pyridine rings is 1. The molecule has 1 aromatic carbocycles. The minimum atomic E-state index is -0.468. The molecule has 0 bridgehead atoms. The Hall–Kier alpha value is -2.67. The lowest BCUT2D eigenvalue weighted by Gasteiger charge is -2.13. The lowest BCUT2D eigenvalue weighted by molar-refractivity contribution is -0.123. The highest BCUT2D eigenvalue weighted by Crippen LogP contribution is 2.24. The summed E-state index contributed by atoms with van der Waals surface area (Å²) in [6.07, 6.45) is 1.82. The van der Waals surface area contributed by atoms with Crippen LogP contribution in [-0.2, 0) is 4.79 Å². The van der Waals surface area contributed by atoms with Gasteiger partial charge < -0.3 is 10.1 Å². The summed E-state index contributed by atoms with van der Waals surface area (Å²) in [4.78, 5) is 12.0. The summed E-state index contributed by atoms with van der Waals surface area (Å²) < 4.78 is 20.1. The molecule has 3 rings (SSSR count). The van der Waals surface area contributed by atoms with Gasteiger partial charge in [-0.05, 0) is 37.3 Å². The van der Waals surface area contributed by atoms with Crippen LogP contribution in [0.3, 0.4) is 0 Å². The fraction of sp³-hybridized carbons (Fsp3) is 0.188. The smallest absolute Gasteiger partial charge is 0.258 e. The molecular weight excluding hydrogens is 335 g/mol. The van der Waals surface area contributed by atoms with Crippen molar-refractivity contribution in [2.24, 2.45) is 0 Å². The van der Waals surface area contributed by atoms with Gasteiger partial charge in [0.2, 0.25) is 0 Å². The highest BCUT2D eigenvalue weighted by atomic mass is 35.5. The average molecular weight is 349 g/mol. The Morgan fingerprint density at radius 2 is 2.21 bits per heavy atom. The zero-order valence-electron chi connectivity index (χ0n) is 12.7. The van der Waals surface area contributed by atoms with Gasteiger partial charge in [0.05, 0.1) is 11.1 Å². The molecule has 24 heavy (non-hydrogen) atoms. The van der Waals surface area contributed by atoms with E-state index in [4.69, 9.17) is 16.3 Å². The summed E-state index contributed by atoms with van der Waals surface area (Å²) in [5.74, 6) is 0.0345. The molecular formula is C16H14ClFN4O2. The summed E-state index contributed by atoms with van der Waals surface area (Å²) in [6, 6.07) is 8.89. The number of aromatic nitrogens is 3. The first-order valence-corrected chi connectivity index (χ1v) is 7.59. The number of halogens is 2. The highest BCUT2D eigenvalue weighted by Gasteiger charge is 2.16. The molecule has 1 N–H and O–H groups in total. The van der Waals surface area contributed by atoms with Crippen molar-refractivity contribution >= 4 is 23.2 Å². The zero-order valence-corrected chi connectivity index (χ0v) is 13.5. The second kappa shape index (κ2) is 6.84. The van der Waals surface area contributed by atoms with E-state index in [1.807, 2.05) is 24.4 Å². The van der Waals surface area contributed by atoms with Crippen molar-refractivity contribution in [1.29, 1.82) is 0 Å². The van der Waals surface area contributed by atoms with E-state index in [2.05, 4.69) is 15.5 Å². The number of rotatable bonds is 5. The van der Waals surface area contributed by atoms with Gasteiger partial charge in [0.15, 0.2) is 18.1 Å². The lowest BCUT2D eigenvalue weighted by atomic mass is 10.3. The summed E-state index contributed by atoms with van der Waals surface area (Å²) >= 11 is 5.85. The number of carbonyl (C=O) groups excluding carboxylic acids is 1. The molecule has 124 valence electrons. The summed E-state index contributed by atoms with van der Waals surface area (Å²) in [6.45, 7) is 1.55. The number of hydrogen-bond acceptors (Lipinski definition) is 4. The number of nitrogens with one attached hydrogen (secondary N) is 1. The van der Waals surface area contributed by atoms with E-state index in [1.54, 1.807) is 11.3 Å². The average Bonchev–Trinajstić information content (AvgIpc) is 2.98. The van der Waals surface area contributed by atoms with Crippen LogP contribution in [0.5, 0.6) is 5.75 Å². The molecule has 3 aromatic rings. The van der Waals surface area contributed by atoms with Crippen LogP contribution in [0.2, 0.25) is 5.02 Å². The van der Waals surface area contributed by atoms with E-state index in [0.717, 1.165) is 6.07 Å². The maximum absolute atomic E-state index is 13.0. The third-order valence-electron chi connectivity index (χ3n) is 3.36. The van der Waals surface area contributed by atoms with Crippen LogP contribution < -0.4 is 10.1 Å². The minimum absolute atomic E-state index is 0.110. The lowest BCUT2D eigenvalue weighted by Crippen LogP contribution is -2.32. The SMILES string of the molecule is C[C@@H](NC(=O)COc1ccc(F)cc1Cl)c1nnc2ccccn12. The number of hydrogen-bond donors (Lipinski definition) is 1. The topological polar surface area (TPSA) is 68.5 Å². The van der Waals surface area contributed by atoms with Gasteiger partial charge >= 0.3 is 0 Å². The molecule has 0 radical (unpaired) electrons. The number of benzene rings is 1. The predicted molar refractivity (Wildman–Crippen MR) is 86.4 cm³/mol. The predicted octanol–water partition coefficient (Wildman–Crippen LogP) is 2.78. The quantitative estimate of drug-likeness (QED) is 0.769. The van der Waals surface area contributed by atoms with Crippen molar-refractivity contribution in [1.82, 2.24) is 19.9 Å². The second-order valence-corrected chi connectivity index (χ2v) is 5.55. The first-order valence-electron chi connectivity index (χ1n) is 7.21. The molecule has 8 heteroatoms. The maximum atomic E-state index is 13.0. The largest absolute Gasteiger partial charge is 0.482 e.